The average Bonchev–Trinajstić information content (AvgIpc) is 2.73. The molecular weight excluding hydrogens is 427 g/mol. The number of benzene rings is 3. The molecule has 3 aromatic rings. The molecule has 0 N–H and O–H groups in total. The predicted molar refractivity (Wildman–Crippen MR) is 115 cm³/mol. The highest BCUT2D eigenvalue weighted by molar-refractivity contribution is 7.86. The molecule has 0 bridgehead atoms. The van der Waals surface area contributed by atoms with Gasteiger partial charge in [-0.2, -0.15) is 8.42 Å². The average molecular weight is 445 g/mol. The zero-order valence-corrected chi connectivity index (χ0v) is 17.6. The van der Waals surface area contributed by atoms with Crippen molar-refractivity contribution in [3.8, 4) is 16.9 Å². The Morgan fingerprint density at radius 3 is 2.53 bits per heavy atom. The lowest BCUT2D eigenvalue weighted by Crippen LogP contribution is -2.25. The SMILES string of the molecule is Cc1ccc(S(=O)(=O)OC[C@H]2C=Cc3ccc(F)c(-c4ccccc4Cl)c3O2)cc1. The lowest BCUT2D eigenvalue weighted by Gasteiger charge is -2.24. The molecule has 0 fully saturated rings. The maximum Gasteiger partial charge on any atom is 0.297 e. The maximum absolute atomic E-state index is 14.7. The van der Waals surface area contributed by atoms with Crippen molar-refractivity contribution in [3.05, 3.63) is 88.7 Å². The topological polar surface area (TPSA) is 52.6 Å². The van der Waals surface area contributed by atoms with E-state index < -0.39 is 22.0 Å². The Labute approximate surface area is 179 Å². The van der Waals surface area contributed by atoms with Crippen LogP contribution in [0.1, 0.15) is 11.1 Å². The smallest absolute Gasteiger partial charge is 0.297 e. The minimum Gasteiger partial charge on any atom is -0.482 e. The number of ether oxygens (including phenoxy) is 1. The zero-order valence-electron chi connectivity index (χ0n) is 16.0. The highest BCUT2D eigenvalue weighted by Crippen LogP contribution is 2.41. The number of halogens is 2. The number of hydrogen-bond acceptors (Lipinski definition) is 4. The Morgan fingerprint density at radius 1 is 1.07 bits per heavy atom. The largest absolute Gasteiger partial charge is 0.482 e. The fraction of sp³-hybridized carbons (Fsp3) is 0.130. The van der Waals surface area contributed by atoms with Crippen LogP contribution < -0.4 is 4.74 Å². The second-order valence-electron chi connectivity index (χ2n) is 6.89. The molecule has 0 aliphatic carbocycles. The molecule has 4 rings (SSSR count). The number of fused-ring (bicyclic) bond motifs is 1. The zero-order chi connectivity index (χ0) is 21.3. The van der Waals surface area contributed by atoms with Crippen molar-refractivity contribution in [2.75, 3.05) is 6.61 Å². The van der Waals surface area contributed by atoms with Crippen LogP contribution in [-0.2, 0) is 14.3 Å². The highest BCUT2D eigenvalue weighted by Gasteiger charge is 2.25. The molecule has 0 spiro atoms. The van der Waals surface area contributed by atoms with Crippen LogP contribution in [0.15, 0.2) is 71.6 Å². The van der Waals surface area contributed by atoms with Crippen LogP contribution in [0.3, 0.4) is 0 Å². The van der Waals surface area contributed by atoms with E-state index in [0.717, 1.165) is 5.56 Å². The van der Waals surface area contributed by atoms with Gasteiger partial charge in [-0.05, 0) is 43.3 Å². The molecule has 30 heavy (non-hydrogen) atoms. The summed E-state index contributed by atoms with van der Waals surface area (Å²) in [7, 11) is -3.94. The molecule has 1 aliphatic heterocycles. The van der Waals surface area contributed by atoms with E-state index in [4.69, 9.17) is 20.5 Å². The minimum atomic E-state index is -3.94. The molecule has 3 aromatic carbocycles. The van der Waals surface area contributed by atoms with Gasteiger partial charge in [0.15, 0.2) is 0 Å². The summed E-state index contributed by atoms with van der Waals surface area (Å²) in [6.45, 7) is 1.62. The summed E-state index contributed by atoms with van der Waals surface area (Å²) in [6, 6.07) is 16.2. The minimum absolute atomic E-state index is 0.0658. The third kappa shape index (κ3) is 4.12. The summed E-state index contributed by atoms with van der Waals surface area (Å²) in [5, 5.41) is 0.387. The molecule has 0 amide bonds. The van der Waals surface area contributed by atoms with Crippen LogP contribution in [0.4, 0.5) is 4.39 Å². The Balaban J connectivity index is 1.59. The van der Waals surface area contributed by atoms with E-state index >= 15 is 0 Å². The molecule has 1 aliphatic rings. The second kappa shape index (κ2) is 8.22. The van der Waals surface area contributed by atoms with Crippen molar-refractivity contribution < 1.29 is 21.7 Å². The van der Waals surface area contributed by atoms with Gasteiger partial charge in [-0.1, -0.05) is 53.6 Å². The predicted octanol–water partition coefficient (Wildman–Crippen LogP) is 5.63. The normalized spacial score (nSPS) is 15.5. The fourth-order valence-electron chi connectivity index (χ4n) is 3.17. The first-order valence-electron chi connectivity index (χ1n) is 9.23. The van der Waals surface area contributed by atoms with Crippen LogP contribution in [0.25, 0.3) is 17.2 Å². The van der Waals surface area contributed by atoms with E-state index in [9.17, 15) is 12.8 Å². The van der Waals surface area contributed by atoms with Gasteiger partial charge in [0.05, 0.1) is 10.5 Å². The van der Waals surface area contributed by atoms with E-state index in [0.29, 0.717) is 21.9 Å². The van der Waals surface area contributed by atoms with Gasteiger partial charge in [0.25, 0.3) is 10.1 Å². The molecule has 0 aromatic heterocycles. The van der Waals surface area contributed by atoms with Gasteiger partial charge in [-0.3, -0.25) is 4.18 Å². The molecule has 4 nitrogen and oxygen atoms in total. The second-order valence-corrected chi connectivity index (χ2v) is 8.91. The van der Waals surface area contributed by atoms with Crippen molar-refractivity contribution in [2.24, 2.45) is 0 Å². The van der Waals surface area contributed by atoms with E-state index in [2.05, 4.69) is 0 Å². The van der Waals surface area contributed by atoms with Gasteiger partial charge < -0.3 is 4.74 Å². The molecule has 7 heteroatoms. The monoisotopic (exact) mass is 444 g/mol. The Kier molecular flexibility index (Phi) is 5.64. The highest BCUT2D eigenvalue weighted by atomic mass is 35.5. The Bertz CT molecular complexity index is 1220. The third-order valence-electron chi connectivity index (χ3n) is 4.74. The molecule has 0 saturated heterocycles. The van der Waals surface area contributed by atoms with Gasteiger partial charge in [-0.25, -0.2) is 4.39 Å². The lowest BCUT2D eigenvalue weighted by molar-refractivity contribution is 0.166. The number of hydrogen-bond donors (Lipinski definition) is 0. The molecule has 154 valence electrons. The summed E-state index contributed by atoms with van der Waals surface area (Å²) in [5.74, 6) is -0.184. The maximum atomic E-state index is 14.7. The van der Waals surface area contributed by atoms with Gasteiger partial charge in [-0.15, -0.1) is 0 Å². The van der Waals surface area contributed by atoms with E-state index in [1.54, 1.807) is 54.6 Å². The van der Waals surface area contributed by atoms with Crippen molar-refractivity contribution >= 4 is 27.8 Å². The van der Waals surface area contributed by atoms with Crippen LogP contribution >= 0.6 is 11.6 Å². The van der Waals surface area contributed by atoms with Crippen LogP contribution in [0.2, 0.25) is 5.02 Å². The van der Waals surface area contributed by atoms with Crippen molar-refractivity contribution in [3.63, 3.8) is 0 Å². The Hall–Kier alpha value is -2.67. The molecule has 0 unspecified atom stereocenters. The van der Waals surface area contributed by atoms with E-state index in [1.807, 2.05) is 6.92 Å². The van der Waals surface area contributed by atoms with Crippen molar-refractivity contribution in [2.45, 2.75) is 17.9 Å². The molecule has 0 saturated carbocycles. The first kappa shape index (κ1) is 20.6. The Morgan fingerprint density at radius 2 is 1.80 bits per heavy atom. The lowest BCUT2D eigenvalue weighted by atomic mass is 9.98. The van der Waals surface area contributed by atoms with E-state index in [-0.39, 0.29) is 17.1 Å². The van der Waals surface area contributed by atoms with E-state index in [1.165, 1.54) is 18.2 Å². The van der Waals surface area contributed by atoms with Crippen LogP contribution in [0, 0.1) is 12.7 Å². The molecule has 1 atom stereocenters. The molecule has 0 radical (unpaired) electrons. The van der Waals surface area contributed by atoms with Gasteiger partial charge in [0.2, 0.25) is 0 Å². The van der Waals surface area contributed by atoms with Gasteiger partial charge in [0, 0.05) is 16.1 Å². The van der Waals surface area contributed by atoms with Gasteiger partial charge in [0.1, 0.15) is 24.3 Å². The van der Waals surface area contributed by atoms with Gasteiger partial charge >= 0.3 is 0 Å². The summed E-state index contributed by atoms with van der Waals surface area (Å²) in [4.78, 5) is 0.0658. The summed E-state index contributed by atoms with van der Waals surface area (Å²) >= 11 is 6.27. The number of rotatable bonds is 5. The van der Waals surface area contributed by atoms with Crippen LogP contribution in [-0.4, -0.2) is 21.1 Å². The first-order chi connectivity index (χ1) is 14.3. The summed E-state index contributed by atoms with van der Waals surface area (Å²) in [6.07, 6.45) is 2.73. The third-order valence-corrected chi connectivity index (χ3v) is 6.36. The van der Waals surface area contributed by atoms with Crippen molar-refractivity contribution in [1.82, 2.24) is 0 Å². The van der Waals surface area contributed by atoms with Crippen molar-refractivity contribution in [1.29, 1.82) is 0 Å². The fourth-order valence-corrected chi connectivity index (χ4v) is 4.32. The summed E-state index contributed by atoms with van der Waals surface area (Å²) in [5.41, 5.74) is 2.34. The standard InChI is InChI=1S/C23H18ClFO4S/c1-15-6-11-18(12-7-15)30(26,27)28-14-17-10-8-16-9-13-21(25)22(23(16)29-17)19-4-2-3-5-20(19)24/h2-13,17H,14H2,1H3/t17-/m1/s1. The number of aryl methyl sites for hydroxylation is 1. The summed E-state index contributed by atoms with van der Waals surface area (Å²) < 4.78 is 50.7. The molecular formula is C23H18ClFO4S. The molecule has 1 heterocycles. The quantitative estimate of drug-likeness (QED) is 0.478. The first-order valence-corrected chi connectivity index (χ1v) is 11.0. The van der Waals surface area contributed by atoms with Crippen LogP contribution in [0.5, 0.6) is 5.75 Å².